The number of methoxy groups -OCH3 is 1. The van der Waals surface area contributed by atoms with Crippen molar-refractivity contribution in [2.75, 3.05) is 12.4 Å². The minimum Gasteiger partial charge on any atom is -0.465 e. The van der Waals surface area contributed by atoms with Crippen LogP contribution in [0.1, 0.15) is 27.0 Å². The van der Waals surface area contributed by atoms with Crippen molar-refractivity contribution in [2.45, 2.75) is 20.4 Å². The minimum atomic E-state index is -0.316. The molecule has 0 amide bonds. The van der Waals surface area contributed by atoms with E-state index in [4.69, 9.17) is 4.74 Å². The van der Waals surface area contributed by atoms with E-state index in [1.807, 2.05) is 19.1 Å². The van der Waals surface area contributed by atoms with Gasteiger partial charge in [0.25, 0.3) is 0 Å². The molecule has 0 spiro atoms. The molecule has 0 aliphatic heterocycles. The summed E-state index contributed by atoms with van der Waals surface area (Å²) < 4.78 is 4.74. The van der Waals surface area contributed by atoms with E-state index in [0.29, 0.717) is 5.56 Å². The third kappa shape index (κ3) is 3.38. The maximum atomic E-state index is 11.5. The van der Waals surface area contributed by atoms with Crippen molar-refractivity contribution >= 4 is 11.7 Å². The normalized spacial score (nSPS) is 10.2. The van der Waals surface area contributed by atoms with Crippen LogP contribution < -0.4 is 5.32 Å². The lowest BCUT2D eigenvalue weighted by Gasteiger charge is -2.11. The number of hydrogen-bond acceptors (Lipinski definition) is 3. The molecule has 0 aromatic heterocycles. The molecule has 2 rings (SSSR count). The van der Waals surface area contributed by atoms with Gasteiger partial charge >= 0.3 is 5.97 Å². The van der Waals surface area contributed by atoms with E-state index in [2.05, 4.69) is 36.5 Å². The van der Waals surface area contributed by atoms with Crippen LogP contribution in [0.25, 0.3) is 0 Å². The summed E-state index contributed by atoms with van der Waals surface area (Å²) in [5, 5.41) is 3.36. The smallest absolute Gasteiger partial charge is 0.337 e. The number of aryl methyl sites for hydroxylation is 2. The third-order valence-electron chi connectivity index (χ3n) is 3.26. The Morgan fingerprint density at radius 2 is 1.80 bits per heavy atom. The highest BCUT2D eigenvalue weighted by atomic mass is 16.5. The molecule has 3 heteroatoms. The Hall–Kier alpha value is -2.29. The van der Waals surface area contributed by atoms with Crippen LogP contribution in [0, 0.1) is 13.8 Å². The molecule has 0 unspecified atom stereocenters. The van der Waals surface area contributed by atoms with Crippen LogP contribution in [0.3, 0.4) is 0 Å². The average molecular weight is 269 g/mol. The van der Waals surface area contributed by atoms with Crippen molar-refractivity contribution in [1.82, 2.24) is 0 Å². The number of carbonyl (C=O) groups excluding carboxylic acids is 1. The van der Waals surface area contributed by atoms with Crippen LogP contribution >= 0.6 is 0 Å². The molecule has 20 heavy (non-hydrogen) atoms. The molecule has 0 bridgehead atoms. The summed E-state index contributed by atoms with van der Waals surface area (Å²) in [7, 11) is 1.39. The molecular formula is C17H19NO2. The van der Waals surface area contributed by atoms with E-state index >= 15 is 0 Å². The third-order valence-corrected chi connectivity index (χ3v) is 3.26. The lowest BCUT2D eigenvalue weighted by molar-refractivity contribution is 0.0601. The number of rotatable bonds is 4. The van der Waals surface area contributed by atoms with Gasteiger partial charge in [0.2, 0.25) is 0 Å². The Bertz CT molecular complexity index is 603. The van der Waals surface area contributed by atoms with E-state index in [0.717, 1.165) is 17.8 Å². The Kier molecular flexibility index (Phi) is 4.41. The van der Waals surface area contributed by atoms with Gasteiger partial charge in [-0.3, -0.25) is 0 Å². The van der Waals surface area contributed by atoms with Crippen molar-refractivity contribution in [3.05, 3.63) is 64.7 Å². The molecule has 0 fully saturated rings. The number of esters is 1. The summed E-state index contributed by atoms with van der Waals surface area (Å²) >= 11 is 0. The summed E-state index contributed by atoms with van der Waals surface area (Å²) in [6, 6.07) is 13.9. The maximum absolute atomic E-state index is 11.5. The highest BCUT2D eigenvalue weighted by molar-refractivity contribution is 5.90. The van der Waals surface area contributed by atoms with Crippen molar-refractivity contribution < 1.29 is 9.53 Å². The van der Waals surface area contributed by atoms with Gasteiger partial charge in [0.05, 0.1) is 12.7 Å². The summed E-state index contributed by atoms with van der Waals surface area (Å²) in [5.74, 6) is -0.316. The summed E-state index contributed by atoms with van der Waals surface area (Å²) in [6.45, 7) is 4.81. The predicted molar refractivity (Wildman–Crippen MR) is 81.0 cm³/mol. The van der Waals surface area contributed by atoms with Crippen molar-refractivity contribution in [1.29, 1.82) is 0 Å². The molecule has 2 aromatic rings. The van der Waals surface area contributed by atoms with Crippen molar-refractivity contribution in [2.24, 2.45) is 0 Å². The fourth-order valence-electron chi connectivity index (χ4n) is 1.96. The van der Waals surface area contributed by atoms with Gasteiger partial charge in [-0.2, -0.15) is 0 Å². The SMILES string of the molecule is COC(=O)c1ccc(C)c(NCc2ccc(C)cc2)c1. The number of anilines is 1. The first kappa shape index (κ1) is 14.1. The zero-order valence-corrected chi connectivity index (χ0v) is 12.1. The summed E-state index contributed by atoms with van der Waals surface area (Å²) in [6.07, 6.45) is 0. The molecule has 104 valence electrons. The Balaban J connectivity index is 2.12. The topological polar surface area (TPSA) is 38.3 Å². The van der Waals surface area contributed by atoms with Gasteiger partial charge in [0.15, 0.2) is 0 Å². The van der Waals surface area contributed by atoms with E-state index in [9.17, 15) is 4.79 Å². The lowest BCUT2D eigenvalue weighted by Crippen LogP contribution is -2.05. The number of carbonyl (C=O) groups is 1. The quantitative estimate of drug-likeness (QED) is 0.860. The standard InChI is InChI=1S/C17H19NO2/c1-12-4-7-14(8-5-12)11-18-16-10-15(17(19)20-3)9-6-13(16)2/h4-10,18H,11H2,1-3H3. The molecule has 2 aromatic carbocycles. The second-order valence-corrected chi connectivity index (χ2v) is 4.86. The molecule has 3 nitrogen and oxygen atoms in total. The zero-order valence-electron chi connectivity index (χ0n) is 12.1. The van der Waals surface area contributed by atoms with Crippen LogP contribution in [-0.4, -0.2) is 13.1 Å². The lowest BCUT2D eigenvalue weighted by atomic mass is 10.1. The van der Waals surface area contributed by atoms with Crippen LogP contribution in [0.5, 0.6) is 0 Å². The molecule has 0 saturated carbocycles. The maximum Gasteiger partial charge on any atom is 0.337 e. The monoisotopic (exact) mass is 269 g/mol. The van der Waals surface area contributed by atoms with Gasteiger partial charge in [-0.25, -0.2) is 4.79 Å². The fraction of sp³-hybridized carbons (Fsp3) is 0.235. The van der Waals surface area contributed by atoms with Gasteiger partial charge in [-0.1, -0.05) is 35.9 Å². The van der Waals surface area contributed by atoms with Crippen LogP contribution in [0.2, 0.25) is 0 Å². The van der Waals surface area contributed by atoms with Crippen LogP contribution in [0.15, 0.2) is 42.5 Å². The van der Waals surface area contributed by atoms with E-state index in [1.165, 1.54) is 18.2 Å². The summed E-state index contributed by atoms with van der Waals surface area (Å²) in [4.78, 5) is 11.5. The molecule has 0 heterocycles. The van der Waals surface area contributed by atoms with Gasteiger partial charge in [0, 0.05) is 12.2 Å². The first-order valence-corrected chi connectivity index (χ1v) is 6.58. The zero-order chi connectivity index (χ0) is 14.5. The second kappa shape index (κ2) is 6.24. The summed E-state index contributed by atoms with van der Waals surface area (Å²) in [5.41, 5.74) is 5.07. The molecule has 1 N–H and O–H groups in total. The largest absolute Gasteiger partial charge is 0.465 e. The highest BCUT2D eigenvalue weighted by Gasteiger charge is 2.07. The minimum absolute atomic E-state index is 0.316. The molecule has 0 atom stereocenters. The fourth-order valence-corrected chi connectivity index (χ4v) is 1.96. The molecule has 0 aliphatic rings. The Morgan fingerprint density at radius 3 is 2.45 bits per heavy atom. The van der Waals surface area contributed by atoms with Gasteiger partial charge in [-0.15, -0.1) is 0 Å². The highest BCUT2D eigenvalue weighted by Crippen LogP contribution is 2.18. The van der Waals surface area contributed by atoms with Crippen LogP contribution in [-0.2, 0) is 11.3 Å². The van der Waals surface area contributed by atoms with Gasteiger partial charge in [-0.05, 0) is 37.1 Å². The number of hydrogen-bond donors (Lipinski definition) is 1. The predicted octanol–water partition coefficient (Wildman–Crippen LogP) is 3.70. The van der Waals surface area contributed by atoms with E-state index in [-0.39, 0.29) is 5.97 Å². The average Bonchev–Trinajstić information content (AvgIpc) is 2.47. The Morgan fingerprint density at radius 1 is 1.10 bits per heavy atom. The Labute approximate surface area is 119 Å². The molecule has 0 radical (unpaired) electrons. The first-order chi connectivity index (χ1) is 9.60. The van der Waals surface area contributed by atoms with Gasteiger partial charge < -0.3 is 10.1 Å². The number of benzene rings is 2. The van der Waals surface area contributed by atoms with E-state index < -0.39 is 0 Å². The first-order valence-electron chi connectivity index (χ1n) is 6.58. The number of nitrogens with one attached hydrogen (secondary N) is 1. The van der Waals surface area contributed by atoms with Crippen LogP contribution in [0.4, 0.5) is 5.69 Å². The second-order valence-electron chi connectivity index (χ2n) is 4.86. The number of ether oxygens (including phenoxy) is 1. The van der Waals surface area contributed by atoms with Crippen molar-refractivity contribution in [3.8, 4) is 0 Å². The van der Waals surface area contributed by atoms with E-state index in [1.54, 1.807) is 6.07 Å². The molecular weight excluding hydrogens is 250 g/mol. The van der Waals surface area contributed by atoms with Gasteiger partial charge in [0.1, 0.15) is 0 Å². The molecule has 0 saturated heterocycles. The molecule has 0 aliphatic carbocycles. The van der Waals surface area contributed by atoms with Crippen molar-refractivity contribution in [3.63, 3.8) is 0 Å².